The van der Waals surface area contributed by atoms with E-state index >= 15 is 0 Å². The van der Waals surface area contributed by atoms with E-state index in [-0.39, 0.29) is 11.6 Å². The maximum Gasteiger partial charge on any atom is 0.253 e. The van der Waals surface area contributed by atoms with Gasteiger partial charge >= 0.3 is 0 Å². The summed E-state index contributed by atoms with van der Waals surface area (Å²) in [5.74, 6) is 0.799. The van der Waals surface area contributed by atoms with Gasteiger partial charge in [0.25, 0.3) is 5.89 Å². The normalized spacial score (nSPS) is 10.6. The third-order valence-corrected chi connectivity index (χ3v) is 3.25. The highest BCUT2D eigenvalue weighted by atomic mass is 35.5. The SMILES string of the molecule is Fc1ccc(OCc2nnc(Cc3ccccc3)o2)c(Cl)c1. The molecule has 0 unspecified atom stereocenters. The smallest absolute Gasteiger partial charge is 0.253 e. The maximum atomic E-state index is 12.9. The van der Waals surface area contributed by atoms with Crippen LogP contribution in [0.15, 0.2) is 52.9 Å². The summed E-state index contributed by atoms with van der Waals surface area (Å²) in [5, 5.41) is 8.08. The van der Waals surface area contributed by atoms with Crippen molar-refractivity contribution in [2.24, 2.45) is 0 Å². The van der Waals surface area contributed by atoms with Crippen molar-refractivity contribution >= 4 is 11.6 Å². The van der Waals surface area contributed by atoms with Gasteiger partial charge in [0.05, 0.1) is 11.4 Å². The van der Waals surface area contributed by atoms with E-state index in [4.69, 9.17) is 20.8 Å². The first-order valence-electron chi connectivity index (χ1n) is 6.64. The van der Waals surface area contributed by atoms with E-state index in [0.717, 1.165) is 5.56 Å². The molecule has 0 amide bonds. The van der Waals surface area contributed by atoms with Crippen molar-refractivity contribution in [3.05, 3.63) is 76.7 Å². The van der Waals surface area contributed by atoms with Crippen molar-refractivity contribution in [1.29, 1.82) is 0 Å². The molecule has 0 N–H and O–H groups in total. The highest BCUT2D eigenvalue weighted by Crippen LogP contribution is 2.25. The van der Waals surface area contributed by atoms with Gasteiger partial charge in [-0.3, -0.25) is 0 Å². The van der Waals surface area contributed by atoms with Crippen LogP contribution in [0.3, 0.4) is 0 Å². The number of hydrogen-bond donors (Lipinski definition) is 0. The minimum Gasteiger partial charge on any atom is -0.482 e. The van der Waals surface area contributed by atoms with Gasteiger partial charge in [0.1, 0.15) is 11.6 Å². The molecule has 0 atom stereocenters. The van der Waals surface area contributed by atoms with E-state index in [9.17, 15) is 4.39 Å². The molecule has 0 aliphatic heterocycles. The number of benzene rings is 2. The summed E-state index contributed by atoms with van der Waals surface area (Å²) in [4.78, 5) is 0. The highest BCUT2D eigenvalue weighted by molar-refractivity contribution is 6.32. The summed E-state index contributed by atoms with van der Waals surface area (Å²) >= 11 is 5.88. The van der Waals surface area contributed by atoms with Crippen molar-refractivity contribution < 1.29 is 13.5 Å². The number of ether oxygens (including phenoxy) is 1. The first-order chi connectivity index (χ1) is 10.7. The Morgan fingerprint density at radius 1 is 1.05 bits per heavy atom. The largest absolute Gasteiger partial charge is 0.482 e. The molecule has 6 heteroatoms. The number of rotatable bonds is 5. The van der Waals surface area contributed by atoms with Gasteiger partial charge in [-0.25, -0.2) is 4.39 Å². The molecule has 0 saturated heterocycles. The topological polar surface area (TPSA) is 48.2 Å². The van der Waals surface area contributed by atoms with Gasteiger partial charge < -0.3 is 9.15 Å². The Hall–Kier alpha value is -2.40. The molecule has 2 aromatic carbocycles. The minimum absolute atomic E-state index is 0.0765. The van der Waals surface area contributed by atoms with Gasteiger partial charge in [0.15, 0.2) is 6.61 Å². The van der Waals surface area contributed by atoms with E-state index in [0.29, 0.717) is 24.0 Å². The third kappa shape index (κ3) is 3.62. The first kappa shape index (κ1) is 14.5. The Bertz CT molecular complexity index is 762. The van der Waals surface area contributed by atoms with Crippen LogP contribution in [0.1, 0.15) is 17.3 Å². The molecule has 0 bridgehead atoms. The van der Waals surface area contributed by atoms with Crippen molar-refractivity contribution in [3.8, 4) is 5.75 Å². The third-order valence-electron chi connectivity index (χ3n) is 2.95. The summed E-state index contributed by atoms with van der Waals surface area (Å²) in [5.41, 5.74) is 1.08. The molecule has 0 fully saturated rings. The molecule has 3 rings (SSSR count). The fraction of sp³-hybridized carbons (Fsp3) is 0.125. The van der Waals surface area contributed by atoms with Crippen LogP contribution >= 0.6 is 11.6 Å². The molecule has 1 heterocycles. The number of hydrogen-bond acceptors (Lipinski definition) is 4. The van der Waals surface area contributed by atoms with Crippen molar-refractivity contribution in [2.75, 3.05) is 0 Å². The van der Waals surface area contributed by atoms with Gasteiger partial charge in [0.2, 0.25) is 5.89 Å². The van der Waals surface area contributed by atoms with Crippen LogP contribution in [-0.4, -0.2) is 10.2 Å². The second kappa shape index (κ2) is 6.58. The molecule has 22 heavy (non-hydrogen) atoms. The monoisotopic (exact) mass is 318 g/mol. The quantitative estimate of drug-likeness (QED) is 0.712. The summed E-state index contributed by atoms with van der Waals surface area (Å²) in [7, 11) is 0. The number of nitrogens with zero attached hydrogens (tertiary/aromatic N) is 2. The average molecular weight is 319 g/mol. The molecular weight excluding hydrogens is 307 g/mol. The zero-order valence-electron chi connectivity index (χ0n) is 11.5. The highest BCUT2D eigenvalue weighted by Gasteiger charge is 2.09. The average Bonchev–Trinajstić information content (AvgIpc) is 2.95. The molecule has 4 nitrogen and oxygen atoms in total. The van der Waals surface area contributed by atoms with Crippen LogP contribution in [0.25, 0.3) is 0 Å². The predicted molar refractivity (Wildman–Crippen MR) is 79.3 cm³/mol. The first-order valence-corrected chi connectivity index (χ1v) is 7.01. The molecule has 112 valence electrons. The number of halogens is 2. The van der Waals surface area contributed by atoms with Crippen LogP contribution in [-0.2, 0) is 13.0 Å². The van der Waals surface area contributed by atoms with Crippen LogP contribution in [0.2, 0.25) is 5.02 Å². The Morgan fingerprint density at radius 3 is 2.59 bits per heavy atom. The Balaban J connectivity index is 1.62. The van der Waals surface area contributed by atoms with Crippen molar-refractivity contribution in [1.82, 2.24) is 10.2 Å². The van der Waals surface area contributed by atoms with Crippen molar-refractivity contribution in [3.63, 3.8) is 0 Å². The molecule has 3 aromatic rings. The lowest BCUT2D eigenvalue weighted by Crippen LogP contribution is -1.96. The van der Waals surface area contributed by atoms with E-state index in [1.54, 1.807) is 0 Å². The second-order valence-corrected chi connectivity index (χ2v) is 5.02. The van der Waals surface area contributed by atoms with Gasteiger partial charge in [0, 0.05) is 0 Å². The Labute approximate surface area is 131 Å². The molecule has 0 spiro atoms. The van der Waals surface area contributed by atoms with Gasteiger partial charge in [-0.15, -0.1) is 10.2 Å². The maximum absolute atomic E-state index is 12.9. The fourth-order valence-electron chi connectivity index (χ4n) is 1.92. The van der Waals surface area contributed by atoms with Crippen LogP contribution in [0.4, 0.5) is 4.39 Å². The summed E-state index contributed by atoms with van der Waals surface area (Å²) < 4.78 is 23.9. The molecule has 0 aliphatic carbocycles. The standard InChI is InChI=1S/C16H12ClFN2O2/c17-13-9-12(18)6-7-14(13)21-10-16-20-19-15(22-16)8-11-4-2-1-3-5-11/h1-7,9H,8,10H2. The van der Waals surface area contributed by atoms with E-state index in [1.165, 1.54) is 18.2 Å². The molecular formula is C16H12ClFN2O2. The lowest BCUT2D eigenvalue weighted by atomic mass is 10.2. The minimum atomic E-state index is -0.416. The molecule has 1 aromatic heterocycles. The summed E-state index contributed by atoms with van der Waals surface area (Å²) in [6.45, 7) is 0.0765. The number of aromatic nitrogens is 2. The summed E-state index contributed by atoms with van der Waals surface area (Å²) in [6, 6.07) is 13.7. The van der Waals surface area contributed by atoms with Crippen molar-refractivity contribution in [2.45, 2.75) is 13.0 Å². The fourth-order valence-corrected chi connectivity index (χ4v) is 2.14. The molecule has 0 saturated carbocycles. The van der Waals surface area contributed by atoms with Crippen LogP contribution in [0, 0.1) is 5.82 Å². The van der Waals surface area contributed by atoms with Crippen LogP contribution in [0.5, 0.6) is 5.75 Å². The zero-order chi connectivity index (χ0) is 15.4. The lowest BCUT2D eigenvalue weighted by molar-refractivity contribution is 0.259. The summed E-state index contributed by atoms with van der Waals surface area (Å²) in [6.07, 6.45) is 0.561. The van der Waals surface area contributed by atoms with E-state index in [2.05, 4.69) is 10.2 Å². The second-order valence-electron chi connectivity index (χ2n) is 4.62. The van der Waals surface area contributed by atoms with Crippen LogP contribution < -0.4 is 4.74 Å². The van der Waals surface area contributed by atoms with Gasteiger partial charge in [-0.1, -0.05) is 41.9 Å². The Kier molecular flexibility index (Phi) is 4.34. The lowest BCUT2D eigenvalue weighted by Gasteiger charge is -2.05. The molecule has 0 radical (unpaired) electrons. The molecule has 0 aliphatic rings. The Morgan fingerprint density at radius 2 is 1.82 bits per heavy atom. The zero-order valence-corrected chi connectivity index (χ0v) is 12.3. The van der Waals surface area contributed by atoms with E-state index in [1.807, 2.05) is 30.3 Å². The predicted octanol–water partition coefficient (Wildman–Crippen LogP) is 4.03. The van der Waals surface area contributed by atoms with Gasteiger partial charge in [-0.05, 0) is 23.8 Å². The van der Waals surface area contributed by atoms with Gasteiger partial charge in [-0.2, -0.15) is 0 Å². The van der Waals surface area contributed by atoms with E-state index < -0.39 is 5.82 Å².